The molecule has 74 heavy (non-hydrogen) atoms. The Labute approximate surface area is 445 Å². The first-order valence-electron chi connectivity index (χ1n) is 28.5. The van der Waals surface area contributed by atoms with Gasteiger partial charge in [-0.1, -0.05) is 201 Å². The molecule has 2 heterocycles. The van der Waals surface area contributed by atoms with Crippen LogP contribution in [0.15, 0.2) is 97.2 Å². The van der Waals surface area contributed by atoms with Gasteiger partial charge >= 0.3 is 0 Å². The summed E-state index contributed by atoms with van der Waals surface area (Å²) in [6, 6.07) is -0.998. The van der Waals surface area contributed by atoms with Crippen LogP contribution in [0, 0.1) is 0 Å². The second kappa shape index (κ2) is 45.0. The lowest BCUT2D eigenvalue weighted by Crippen LogP contribution is -2.65. The Bertz CT molecular complexity index is 1610. The van der Waals surface area contributed by atoms with Crippen LogP contribution < -0.4 is 5.32 Å². The topological polar surface area (TPSA) is 228 Å². The minimum absolute atomic E-state index is 0.0325. The van der Waals surface area contributed by atoms with E-state index in [1.165, 1.54) is 96.3 Å². The summed E-state index contributed by atoms with van der Waals surface area (Å²) in [6.45, 7) is 2.57. The van der Waals surface area contributed by atoms with Gasteiger partial charge in [0, 0.05) is 6.42 Å². The van der Waals surface area contributed by atoms with Gasteiger partial charge < -0.3 is 65.1 Å². The van der Waals surface area contributed by atoms with Crippen molar-refractivity contribution in [2.75, 3.05) is 19.8 Å². The fourth-order valence-corrected chi connectivity index (χ4v) is 8.68. The fraction of sp³-hybridized carbons (Fsp3) is 0.717. The van der Waals surface area contributed by atoms with Crippen LogP contribution in [0.25, 0.3) is 0 Å². The maximum absolute atomic E-state index is 13.1. The van der Waals surface area contributed by atoms with Crippen LogP contribution in [-0.4, -0.2) is 140 Å². The van der Waals surface area contributed by atoms with E-state index >= 15 is 0 Å². The SMILES string of the molecule is CC/C=C\C/C=C\C/C=C\C/C=C\C/C=C\CC(=O)NC(COC1OC(CO)C(OC2OC(CO)C(O)C(O)C2O)C(O)C1O)C(O)/C=C/CC/C=C/CC/C=C/CCCCCCCCCCCCCCCCC. The molecule has 9 N–H and O–H groups in total. The standard InChI is InChI=1S/C60H101NO13/c1-3-5-7-9-11-13-15-17-19-20-21-22-23-24-25-26-27-28-30-31-33-35-37-39-41-43-49(64)48(61-52(65)44-42-40-38-36-34-32-29-18-16-14-12-10-8-6-4-2)47-71-59-57(70)55(68)58(51(46-63)73-59)74-60-56(69)54(67)53(66)50(45-62)72-60/h6,8,12,14,18,27-29,33-36,40-43,48-51,53-60,62-64,66-70H,3-5,7,9-11,13,15-17,19-26,30-32,37-39,44-47H2,1-2H3,(H,61,65)/b8-6-,14-12-,28-27+,29-18-,35-33+,36-34-,42-40-,43-41+. The second-order valence-corrected chi connectivity index (χ2v) is 19.7. The number of rotatable bonds is 43. The van der Waals surface area contributed by atoms with E-state index in [1.807, 2.05) is 18.2 Å². The van der Waals surface area contributed by atoms with Crippen molar-refractivity contribution < 1.29 is 64.6 Å². The number of nitrogens with one attached hydrogen (secondary N) is 1. The molecule has 1 amide bonds. The number of hydrogen-bond donors (Lipinski definition) is 9. The highest BCUT2D eigenvalue weighted by Gasteiger charge is 2.51. The lowest BCUT2D eigenvalue weighted by Gasteiger charge is -2.46. The normalized spacial score (nSPS) is 26.0. The zero-order valence-electron chi connectivity index (χ0n) is 45.3. The predicted molar refractivity (Wildman–Crippen MR) is 295 cm³/mol. The molecule has 0 aromatic carbocycles. The number of aliphatic hydroxyl groups is 8. The van der Waals surface area contributed by atoms with Crippen molar-refractivity contribution in [3.8, 4) is 0 Å². The third-order valence-electron chi connectivity index (χ3n) is 13.3. The minimum atomic E-state index is -1.80. The van der Waals surface area contributed by atoms with Crippen LogP contribution in [0.4, 0.5) is 0 Å². The van der Waals surface area contributed by atoms with E-state index < -0.39 is 86.8 Å². The van der Waals surface area contributed by atoms with Gasteiger partial charge in [0.1, 0.15) is 48.8 Å². The van der Waals surface area contributed by atoms with Crippen molar-refractivity contribution in [2.45, 2.75) is 254 Å². The van der Waals surface area contributed by atoms with E-state index in [4.69, 9.17) is 18.9 Å². The van der Waals surface area contributed by atoms with E-state index in [-0.39, 0.29) is 18.9 Å². The maximum atomic E-state index is 13.1. The lowest BCUT2D eigenvalue weighted by atomic mass is 9.97. The monoisotopic (exact) mass is 1040 g/mol. The van der Waals surface area contributed by atoms with E-state index in [0.717, 1.165) is 51.4 Å². The molecule has 0 saturated carbocycles. The van der Waals surface area contributed by atoms with Crippen molar-refractivity contribution in [3.05, 3.63) is 97.2 Å². The van der Waals surface area contributed by atoms with Gasteiger partial charge in [-0.3, -0.25) is 4.79 Å². The molecule has 0 aromatic rings. The van der Waals surface area contributed by atoms with E-state index in [9.17, 15) is 45.6 Å². The van der Waals surface area contributed by atoms with Gasteiger partial charge in [0.15, 0.2) is 12.6 Å². The van der Waals surface area contributed by atoms with Crippen LogP contribution in [0.1, 0.15) is 181 Å². The van der Waals surface area contributed by atoms with Gasteiger partial charge in [-0.25, -0.2) is 0 Å². The molecule has 0 aromatic heterocycles. The number of unbranched alkanes of at least 4 members (excludes halogenated alkanes) is 17. The number of carbonyl (C=O) groups is 1. The number of hydrogen-bond acceptors (Lipinski definition) is 13. The summed E-state index contributed by atoms with van der Waals surface area (Å²) in [5.74, 6) is -0.384. The van der Waals surface area contributed by atoms with Crippen molar-refractivity contribution in [1.82, 2.24) is 5.32 Å². The fourth-order valence-electron chi connectivity index (χ4n) is 8.68. The molecule has 0 spiro atoms. The summed E-state index contributed by atoms with van der Waals surface area (Å²) in [6.07, 6.45) is 44.9. The first-order valence-corrected chi connectivity index (χ1v) is 28.5. The molecule has 12 atom stereocenters. The second-order valence-electron chi connectivity index (χ2n) is 19.7. The molecule has 2 aliphatic heterocycles. The lowest BCUT2D eigenvalue weighted by molar-refractivity contribution is -0.359. The Balaban J connectivity index is 1.83. The van der Waals surface area contributed by atoms with Crippen LogP contribution >= 0.6 is 0 Å². The number of carbonyl (C=O) groups excluding carboxylic acids is 1. The summed E-state index contributed by atoms with van der Waals surface area (Å²) >= 11 is 0. The molecule has 424 valence electrons. The molecule has 14 nitrogen and oxygen atoms in total. The first-order chi connectivity index (χ1) is 36.1. The minimum Gasteiger partial charge on any atom is -0.394 e. The molecule has 2 saturated heterocycles. The van der Waals surface area contributed by atoms with Crippen LogP contribution in [0.5, 0.6) is 0 Å². The first kappa shape index (κ1) is 67.0. The van der Waals surface area contributed by atoms with Gasteiger partial charge in [0.25, 0.3) is 0 Å². The Hall–Kier alpha value is -3.09. The highest BCUT2D eigenvalue weighted by molar-refractivity contribution is 5.77. The Kier molecular flexibility index (Phi) is 40.7. The average Bonchev–Trinajstić information content (AvgIpc) is 3.40. The van der Waals surface area contributed by atoms with Crippen molar-refractivity contribution >= 4 is 5.91 Å². The van der Waals surface area contributed by atoms with Crippen LogP contribution in [0.2, 0.25) is 0 Å². The Morgan fingerprint density at radius 3 is 1.46 bits per heavy atom. The predicted octanol–water partition coefficient (Wildman–Crippen LogP) is 9.10. The molecule has 14 heteroatoms. The smallest absolute Gasteiger partial charge is 0.224 e. The molecule has 0 radical (unpaired) electrons. The van der Waals surface area contributed by atoms with Gasteiger partial charge in [-0.2, -0.15) is 0 Å². The summed E-state index contributed by atoms with van der Waals surface area (Å²) in [7, 11) is 0. The summed E-state index contributed by atoms with van der Waals surface area (Å²) < 4.78 is 22.7. The number of amides is 1. The third kappa shape index (κ3) is 30.6. The maximum Gasteiger partial charge on any atom is 0.224 e. The van der Waals surface area contributed by atoms with E-state index in [2.05, 4.69) is 86.0 Å². The largest absolute Gasteiger partial charge is 0.394 e. The highest BCUT2D eigenvalue weighted by atomic mass is 16.7. The molecule has 2 rings (SSSR count). The summed E-state index contributed by atoms with van der Waals surface area (Å²) in [4.78, 5) is 13.1. The summed E-state index contributed by atoms with van der Waals surface area (Å²) in [5.41, 5.74) is 0. The van der Waals surface area contributed by atoms with Crippen LogP contribution in [0.3, 0.4) is 0 Å². The molecular formula is C60H101NO13. The van der Waals surface area contributed by atoms with E-state index in [0.29, 0.717) is 12.8 Å². The summed E-state index contributed by atoms with van der Waals surface area (Å²) in [5, 5.41) is 86.8. The van der Waals surface area contributed by atoms with Crippen molar-refractivity contribution in [2.24, 2.45) is 0 Å². The van der Waals surface area contributed by atoms with E-state index in [1.54, 1.807) is 12.2 Å². The average molecular weight is 1040 g/mol. The zero-order chi connectivity index (χ0) is 53.9. The number of allylic oxidation sites excluding steroid dienone is 14. The molecule has 12 unspecified atom stereocenters. The van der Waals surface area contributed by atoms with Gasteiger partial charge in [-0.05, 0) is 70.6 Å². The quantitative estimate of drug-likeness (QED) is 0.0205. The van der Waals surface area contributed by atoms with Crippen LogP contribution in [-0.2, 0) is 23.7 Å². The molecule has 0 bridgehead atoms. The van der Waals surface area contributed by atoms with Crippen molar-refractivity contribution in [3.63, 3.8) is 0 Å². The van der Waals surface area contributed by atoms with Gasteiger partial charge in [-0.15, -0.1) is 0 Å². The zero-order valence-corrected chi connectivity index (χ0v) is 45.3. The highest BCUT2D eigenvalue weighted by Crippen LogP contribution is 2.30. The Morgan fingerprint density at radius 2 is 0.946 bits per heavy atom. The number of aliphatic hydroxyl groups excluding tert-OH is 8. The number of ether oxygens (including phenoxy) is 4. The molecule has 2 fully saturated rings. The molecule has 2 aliphatic rings. The van der Waals surface area contributed by atoms with Crippen molar-refractivity contribution in [1.29, 1.82) is 0 Å². The van der Waals surface area contributed by atoms with Gasteiger partial charge in [0.05, 0.1) is 32.0 Å². The Morgan fingerprint density at radius 1 is 0.500 bits per heavy atom. The third-order valence-corrected chi connectivity index (χ3v) is 13.3. The van der Waals surface area contributed by atoms with Gasteiger partial charge in [0.2, 0.25) is 5.91 Å². The molecular weight excluding hydrogens is 943 g/mol. The molecule has 0 aliphatic carbocycles.